The Balaban J connectivity index is 1.62. The maximum Gasteiger partial charge on any atom is 0.260 e. The largest absolute Gasteiger partial charge is 0.484 e. The summed E-state index contributed by atoms with van der Waals surface area (Å²) >= 11 is 0. The second kappa shape index (κ2) is 8.00. The Kier molecular flexibility index (Phi) is 6.02. The van der Waals surface area contributed by atoms with Crippen LogP contribution in [0, 0.1) is 5.92 Å². The molecule has 0 aliphatic heterocycles. The third kappa shape index (κ3) is 5.73. The summed E-state index contributed by atoms with van der Waals surface area (Å²) in [6.45, 7) is 2.56. The molecule has 116 valence electrons. The van der Waals surface area contributed by atoms with E-state index in [4.69, 9.17) is 15.2 Å². The zero-order chi connectivity index (χ0) is 15.1. The quantitative estimate of drug-likeness (QED) is 0.699. The maximum atomic E-state index is 11.9. The fraction of sp³-hybridized carbons (Fsp3) is 0.562. The van der Waals surface area contributed by atoms with E-state index in [1.165, 1.54) is 12.8 Å². The van der Waals surface area contributed by atoms with Crippen LogP contribution in [0.2, 0.25) is 0 Å². The first-order valence-corrected chi connectivity index (χ1v) is 7.42. The molecule has 2 rings (SSSR count). The molecular formula is C16H24N2O3. The van der Waals surface area contributed by atoms with Crippen molar-refractivity contribution in [3.63, 3.8) is 0 Å². The van der Waals surface area contributed by atoms with Crippen LogP contribution in [0.25, 0.3) is 0 Å². The van der Waals surface area contributed by atoms with Crippen LogP contribution in [0.3, 0.4) is 0 Å². The topological polar surface area (TPSA) is 64.8 Å². The molecule has 0 bridgehead atoms. The van der Waals surface area contributed by atoms with Crippen molar-refractivity contribution < 1.29 is 14.3 Å². The lowest BCUT2D eigenvalue weighted by molar-refractivity contribution is -0.132. The molecule has 5 heteroatoms. The Hall–Kier alpha value is -1.59. The SMILES string of the molecule is CN(CCOCC1CC1)C(=O)COc1ccc(CN)cc1. The minimum atomic E-state index is -0.0482. The highest BCUT2D eigenvalue weighted by atomic mass is 16.5. The van der Waals surface area contributed by atoms with Gasteiger partial charge in [0.05, 0.1) is 6.61 Å². The molecule has 1 aromatic rings. The van der Waals surface area contributed by atoms with Gasteiger partial charge in [0.15, 0.2) is 6.61 Å². The molecule has 1 fully saturated rings. The molecule has 1 aliphatic rings. The van der Waals surface area contributed by atoms with Crippen LogP contribution in [0.1, 0.15) is 18.4 Å². The number of carbonyl (C=O) groups excluding carboxylic acids is 1. The number of nitrogens with zero attached hydrogens (tertiary/aromatic N) is 1. The average molecular weight is 292 g/mol. The average Bonchev–Trinajstić information content (AvgIpc) is 3.33. The van der Waals surface area contributed by atoms with Crippen molar-refractivity contribution in [2.45, 2.75) is 19.4 Å². The number of likely N-dealkylation sites (N-methyl/N-ethyl adjacent to an activating group) is 1. The van der Waals surface area contributed by atoms with Crippen molar-refractivity contribution in [2.24, 2.45) is 11.7 Å². The van der Waals surface area contributed by atoms with Crippen molar-refractivity contribution >= 4 is 5.91 Å². The molecule has 5 nitrogen and oxygen atoms in total. The number of ether oxygens (including phenoxy) is 2. The van der Waals surface area contributed by atoms with Gasteiger partial charge >= 0.3 is 0 Å². The van der Waals surface area contributed by atoms with E-state index < -0.39 is 0 Å². The highest BCUT2D eigenvalue weighted by molar-refractivity contribution is 5.77. The molecule has 0 saturated heterocycles. The summed E-state index contributed by atoms with van der Waals surface area (Å²) in [6.07, 6.45) is 2.57. The second-order valence-corrected chi connectivity index (χ2v) is 5.47. The van der Waals surface area contributed by atoms with Gasteiger partial charge in [0.1, 0.15) is 5.75 Å². The van der Waals surface area contributed by atoms with Crippen molar-refractivity contribution in [3.8, 4) is 5.75 Å². The molecule has 2 N–H and O–H groups in total. The third-order valence-corrected chi connectivity index (χ3v) is 3.57. The first kappa shape index (κ1) is 15.8. The monoisotopic (exact) mass is 292 g/mol. The lowest BCUT2D eigenvalue weighted by Crippen LogP contribution is -2.34. The zero-order valence-electron chi connectivity index (χ0n) is 12.6. The molecule has 1 aromatic carbocycles. The summed E-state index contributed by atoms with van der Waals surface area (Å²) in [5.41, 5.74) is 6.57. The van der Waals surface area contributed by atoms with Gasteiger partial charge in [-0.05, 0) is 36.5 Å². The first-order valence-electron chi connectivity index (χ1n) is 7.42. The van der Waals surface area contributed by atoms with E-state index in [-0.39, 0.29) is 12.5 Å². The van der Waals surface area contributed by atoms with E-state index in [2.05, 4.69) is 0 Å². The molecule has 1 saturated carbocycles. The molecule has 0 aromatic heterocycles. The minimum absolute atomic E-state index is 0.0428. The fourth-order valence-corrected chi connectivity index (χ4v) is 1.84. The minimum Gasteiger partial charge on any atom is -0.484 e. The van der Waals surface area contributed by atoms with Crippen LogP contribution < -0.4 is 10.5 Å². The zero-order valence-corrected chi connectivity index (χ0v) is 12.6. The molecule has 1 amide bonds. The van der Waals surface area contributed by atoms with Crippen molar-refractivity contribution in [1.82, 2.24) is 4.90 Å². The number of hydrogen-bond donors (Lipinski definition) is 1. The summed E-state index contributed by atoms with van der Waals surface area (Å²) in [5, 5.41) is 0. The first-order chi connectivity index (χ1) is 10.2. The molecule has 0 spiro atoms. The number of nitrogens with two attached hydrogens (primary N) is 1. The molecule has 0 heterocycles. The van der Waals surface area contributed by atoms with Crippen LogP contribution in [0.5, 0.6) is 5.75 Å². The lowest BCUT2D eigenvalue weighted by Gasteiger charge is -2.17. The van der Waals surface area contributed by atoms with E-state index in [0.29, 0.717) is 25.4 Å². The summed E-state index contributed by atoms with van der Waals surface area (Å²) in [5.74, 6) is 1.39. The third-order valence-electron chi connectivity index (χ3n) is 3.57. The maximum absolute atomic E-state index is 11.9. The van der Waals surface area contributed by atoms with Crippen LogP contribution in [0.15, 0.2) is 24.3 Å². The van der Waals surface area contributed by atoms with E-state index >= 15 is 0 Å². The Labute approximate surface area is 126 Å². The van der Waals surface area contributed by atoms with Crippen molar-refractivity contribution in [1.29, 1.82) is 0 Å². The summed E-state index contributed by atoms with van der Waals surface area (Å²) in [4.78, 5) is 13.5. The molecule has 0 atom stereocenters. The highest BCUT2D eigenvalue weighted by Gasteiger charge is 2.21. The van der Waals surface area contributed by atoms with Gasteiger partial charge in [-0.2, -0.15) is 0 Å². The number of carbonyl (C=O) groups is 1. The number of rotatable bonds is 9. The van der Waals surface area contributed by atoms with Gasteiger partial charge in [-0.25, -0.2) is 0 Å². The smallest absolute Gasteiger partial charge is 0.260 e. The van der Waals surface area contributed by atoms with Gasteiger partial charge in [0.2, 0.25) is 0 Å². The normalized spacial score (nSPS) is 14.0. The van der Waals surface area contributed by atoms with Gasteiger partial charge in [0.25, 0.3) is 5.91 Å². The highest BCUT2D eigenvalue weighted by Crippen LogP contribution is 2.28. The van der Waals surface area contributed by atoms with Crippen molar-refractivity contribution in [3.05, 3.63) is 29.8 Å². The Morgan fingerprint density at radius 3 is 2.67 bits per heavy atom. The van der Waals surface area contributed by atoms with Gasteiger partial charge in [-0.3, -0.25) is 4.79 Å². The van der Waals surface area contributed by atoms with Gasteiger partial charge in [0, 0.05) is 26.7 Å². The van der Waals surface area contributed by atoms with Crippen LogP contribution in [0.4, 0.5) is 0 Å². The Bertz CT molecular complexity index is 443. The summed E-state index contributed by atoms with van der Waals surface area (Å²) < 4.78 is 11.0. The van der Waals surface area contributed by atoms with E-state index in [0.717, 1.165) is 18.1 Å². The Morgan fingerprint density at radius 1 is 1.33 bits per heavy atom. The number of benzene rings is 1. The molecule has 0 unspecified atom stereocenters. The second-order valence-electron chi connectivity index (χ2n) is 5.47. The molecule has 0 radical (unpaired) electrons. The molecule has 1 aliphatic carbocycles. The fourth-order valence-electron chi connectivity index (χ4n) is 1.84. The molecule has 21 heavy (non-hydrogen) atoms. The lowest BCUT2D eigenvalue weighted by atomic mass is 10.2. The van der Waals surface area contributed by atoms with E-state index in [1.54, 1.807) is 11.9 Å². The van der Waals surface area contributed by atoms with Crippen molar-refractivity contribution in [2.75, 3.05) is 33.4 Å². The van der Waals surface area contributed by atoms with Crippen LogP contribution in [-0.2, 0) is 16.1 Å². The number of amides is 1. The van der Waals surface area contributed by atoms with Gasteiger partial charge < -0.3 is 20.1 Å². The standard InChI is InChI=1S/C16H24N2O3/c1-18(8-9-20-11-14-2-3-14)16(19)12-21-15-6-4-13(10-17)5-7-15/h4-7,14H,2-3,8-12,17H2,1H3. The predicted octanol–water partition coefficient (Wildman–Crippen LogP) is 1.41. The Morgan fingerprint density at radius 2 is 2.05 bits per heavy atom. The summed E-state index contributed by atoms with van der Waals surface area (Å²) in [6, 6.07) is 7.45. The summed E-state index contributed by atoms with van der Waals surface area (Å²) in [7, 11) is 1.77. The van der Waals surface area contributed by atoms with Crippen LogP contribution in [-0.4, -0.2) is 44.2 Å². The van der Waals surface area contributed by atoms with E-state index in [9.17, 15) is 4.79 Å². The van der Waals surface area contributed by atoms with Crippen LogP contribution >= 0.6 is 0 Å². The molecular weight excluding hydrogens is 268 g/mol. The van der Waals surface area contributed by atoms with Gasteiger partial charge in [-0.1, -0.05) is 12.1 Å². The predicted molar refractivity (Wildman–Crippen MR) is 81.0 cm³/mol. The number of hydrogen-bond acceptors (Lipinski definition) is 4. The van der Waals surface area contributed by atoms with E-state index in [1.807, 2.05) is 24.3 Å². The van der Waals surface area contributed by atoms with Gasteiger partial charge in [-0.15, -0.1) is 0 Å².